The predicted octanol–water partition coefficient (Wildman–Crippen LogP) is -0.0425. The Morgan fingerprint density at radius 3 is 2.50 bits per heavy atom. The summed E-state index contributed by atoms with van der Waals surface area (Å²) in [6, 6.07) is 0. The molecule has 1 N–H and O–H groups in total. The fourth-order valence-corrected chi connectivity index (χ4v) is 1.33. The Bertz CT molecular complexity index is 176. The van der Waals surface area contributed by atoms with Gasteiger partial charge in [0.1, 0.15) is 11.7 Å². The Kier molecular flexibility index (Phi) is 1.74. The number of hydrogen-bond donors (Lipinski definition) is 1. The molecule has 3 nitrogen and oxygen atoms in total. The highest BCUT2D eigenvalue weighted by Crippen LogP contribution is 2.17. The lowest BCUT2D eigenvalue weighted by Crippen LogP contribution is -2.24. The van der Waals surface area contributed by atoms with Crippen LogP contribution in [0.4, 0.5) is 0 Å². The van der Waals surface area contributed by atoms with Crippen molar-refractivity contribution in [1.29, 1.82) is 0 Å². The first-order chi connectivity index (χ1) is 4.63. The van der Waals surface area contributed by atoms with Gasteiger partial charge in [0, 0.05) is 6.54 Å². The number of amides is 1. The number of nitrogens with one attached hydrogen (secondary N) is 1. The van der Waals surface area contributed by atoms with E-state index in [0.29, 0.717) is 6.54 Å². The number of Topliss-reactive ketones (excluding diaryl/α,β-unsaturated/α-hetero) is 1. The summed E-state index contributed by atoms with van der Waals surface area (Å²) < 4.78 is 0. The lowest BCUT2D eigenvalue weighted by Gasteiger charge is -2.05. The molecule has 1 aliphatic heterocycles. The van der Waals surface area contributed by atoms with Gasteiger partial charge >= 0.3 is 0 Å². The predicted molar refractivity (Wildman–Crippen MR) is 36.3 cm³/mol. The van der Waals surface area contributed by atoms with E-state index >= 15 is 0 Å². The van der Waals surface area contributed by atoms with E-state index < -0.39 is 0 Å². The lowest BCUT2D eigenvalue weighted by atomic mass is 9.94. The number of carbonyl (C=O) groups excluding carboxylic acids is 2. The molecule has 0 spiro atoms. The average Bonchev–Trinajstić information content (AvgIpc) is 2.11. The van der Waals surface area contributed by atoms with Crippen LogP contribution in [0.15, 0.2) is 0 Å². The van der Waals surface area contributed by atoms with Crippen LogP contribution in [0, 0.1) is 11.8 Å². The van der Waals surface area contributed by atoms with E-state index in [9.17, 15) is 9.59 Å². The van der Waals surface area contributed by atoms with Gasteiger partial charge in [-0.1, -0.05) is 6.92 Å². The van der Waals surface area contributed by atoms with Crippen molar-refractivity contribution in [2.24, 2.45) is 11.8 Å². The largest absolute Gasteiger partial charge is 0.355 e. The van der Waals surface area contributed by atoms with Gasteiger partial charge in [-0.15, -0.1) is 0 Å². The van der Waals surface area contributed by atoms with Crippen LogP contribution in [0.25, 0.3) is 0 Å². The zero-order valence-corrected chi connectivity index (χ0v) is 6.18. The molecule has 0 unspecified atom stereocenters. The number of rotatable bonds is 1. The van der Waals surface area contributed by atoms with Gasteiger partial charge in [0.2, 0.25) is 5.91 Å². The first-order valence-electron chi connectivity index (χ1n) is 3.41. The van der Waals surface area contributed by atoms with Gasteiger partial charge in [-0.05, 0) is 12.8 Å². The SMILES string of the molecule is CC(=O)[C@H]1C(=O)NC[C@@H]1C. The van der Waals surface area contributed by atoms with Crippen LogP contribution in [-0.2, 0) is 9.59 Å². The fourth-order valence-electron chi connectivity index (χ4n) is 1.33. The summed E-state index contributed by atoms with van der Waals surface area (Å²) in [7, 11) is 0. The first kappa shape index (κ1) is 7.25. The van der Waals surface area contributed by atoms with Crippen molar-refractivity contribution in [3.05, 3.63) is 0 Å². The van der Waals surface area contributed by atoms with Gasteiger partial charge in [0.05, 0.1) is 0 Å². The minimum Gasteiger partial charge on any atom is -0.355 e. The van der Waals surface area contributed by atoms with E-state index in [1.165, 1.54) is 6.92 Å². The molecule has 1 fully saturated rings. The van der Waals surface area contributed by atoms with Crippen LogP contribution in [0.2, 0.25) is 0 Å². The van der Waals surface area contributed by atoms with E-state index in [1.807, 2.05) is 6.92 Å². The quantitative estimate of drug-likeness (QED) is 0.521. The summed E-state index contributed by atoms with van der Waals surface area (Å²) in [5.74, 6) is -0.354. The molecule has 0 saturated carbocycles. The van der Waals surface area contributed by atoms with E-state index in [-0.39, 0.29) is 23.5 Å². The van der Waals surface area contributed by atoms with E-state index in [1.54, 1.807) is 0 Å². The van der Waals surface area contributed by atoms with Crippen LogP contribution < -0.4 is 5.32 Å². The van der Waals surface area contributed by atoms with Gasteiger partial charge in [0.25, 0.3) is 0 Å². The molecule has 56 valence electrons. The molecule has 3 heteroatoms. The third-order valence-electron chi connectivity index (χ3n) is 1.89. The third-order valence-corrected chi connectivity index (χ3v) is 1.89. The number of ketones is 1. The minimum absolute atomic E-state index is 0.0255. The van der Waals surface area contributed by atoms with Crippen molar-refractivity contribution >= 4 is 11.7 Å². The van der Waals surface area contributed by atoms with Crippen LogP contribution in [0.5, 0.6) is 0 Å². The zero-order valence-electron chi connectivity index (χ0n) is 6.18. The number of carbonyl (C=O) groups is 2. The van der Waals surface area contributed by atoms with E-state index in [4.69, 9.17) is 0 Å². The molecule has 1 aliphatic rings. The highest BCUT2D eigenvalue weighted by atomic mass is 16.2. The zero-order chi connectivity index (χ0) is 7.72. The average molecular weight is 141 g/mol. The summed E-state index contributed by atoms with van der Waals surface area (Å²) in [6.07, 6.45) is 0. The highest BCUT2D eigenvalue weighted by Gasteiger charge is 2.34. The summed E-state index contributed by atoms with van der Waals surface area (Å²) in [5.41, 5.74) is 0. The molecule has 2 atom stereocenters. The molecule has 1 heterocycles. The Hall–Kier alpha value is -0.860. The molecule has 0 aromatic rings. The monoisotopic (exact) mass is 141 g/mol. The molecule has 1 saturated heterocycles. The van der Waals surface area contributed by atoms with Gasteiger partial charge < -0.3 is 5.32 Å². The van der Waals surface area contributed by atoms with Crippen molar-refractivity contribution < 1.29 is 9.59 Å². The molecule has 1 amide bonds. The second kappa shape index (κ2) is 2.40. The van der Waals surface area contributed by atoms with E-state index in [0.717, 1.165) is 0 Å². The molecular formula is C7H11NO2. The number of hydrogen-bond acceptors (Lipinski definition) is 2. The molecule has 1 rings (SSSR count). The van der Waals surface area contributed by atoms with Crippen molar-refractivity contribution in [2.45, 2.75) is 13.8 Å². The Balaban J connectivity index is 2.72. The second-order valence-electron chi connectivity index (χ2n) is 2.81. The normalized spacial score (nSPS) is 32.0. The summed E-state index contributed by atoms with van der Waals surface area (Å²) in [6.45, 7) is 4.01. The Morgan fingerprint density at radius 2 is 2.30 bits per heavy atom. The second-order valence-corrected chi connectivity index (χ2v) is 2.81. The maximum Gasteiger partial charge on any atom is 0.230 e. The van der Waals surface area contributed by atoms with Gasteiger partial charge in [0.15, 0.2) is 0 Å². The Morgan fingerprint density at radius 1 is 1.70 bits per heavy atom. The van der Waals surface area contributed by atoms with Crippen LogP contribution >= 0.6 is 0 Å². The highest BCUT2D eigenvalue weighted by molar-refractivity contribution is 6.01. The summed E-state index contributed by atoms with van der Waals surface area (Å²) >= 11 is 0. The molecule has 0 bridgehead atoms. The van der Waals surface area contributed by atoms with E-state index in [2.05, 4.69) is 5.32 Å². The van der Waals surface area contributed by atoms with Gasteiger partial charge in [-0.25, -0.2) is 0 Å². The maximum absolute atomic E-state index is 10.9. The molecule has 0 radical (unpaired) electrons. The topological polar surface area (TPSA) is 46.2 Å². The van der Waals surface area contributed by atoms with Crippen molar-refractivity contribution in [3.63, 3.8) is 0 Å². The summed E-state index contributed by atoms with van der Waals surface area (Å²) in [5, 5.41) is 2.64. The van der Waals surface area contributed by atoms with Crippen LogP contribution in [-0.4, -0.2) is 18.2 Å². The third kappa shape index (κ3) is 1.03. The van der Waals surface area contributed by atoms with Crippen molar-refractivity contribution in [2.75, 3.05) is 6.54 Å². The van der Waals surface area contributed by atoms with Gasteiger partial charge in [-0.3, -0.25) is 9.59 Å². The molecular weight excluding hydrogens is 130 g/mol. The molecule has 0 aromatic heterocycles. The maximum atomic E-state index is 10.9. The smallest absolute Gasteiger partial charge is 0.230 e. The van der Waals surface area contributed by atoms with Gasteiger partial charge in [-0.2, -0.15) is 0 Å². The molecule has 0 aromatic carbocycles. The lowest BCUT2D eigenvalue weighted by molar-refractivity contribution is -0.131. The van der Waals surface area contributed by atoms with Crippen molar-refractivity contribution in [1.82, 2.24) is 5.32 Å². The molecule has 10 heavy (non-hydrogen) atoms. The standard InChI is InChI=1S/C7H11NO2/c1-4-3-8-7(10)6(4)5(2)9/h4,6H,3H2,1-2H3,(H,8,10)/t4-,6-/m0/s1. The van der Waals surface area contributed by atoms with Crippen LogP contribution in [0.3, 0.4) is 0 Å². The van der Waals surface area contributed by atoms with Crippen molar-refractivity contribution in [3.8, 4) is 0 Å². The first-order valence-corrected chi connectivity index (χ1v) is 3.41. The summed E-state index contributed by atoms with van der Waals surface area (Å²) in [4.78, 5) is 21.7. The Labute approximate surface area is 59.8 Å². The molecule has 0 aliphatic carbocycles. The fraction of sp³-hybridized carbons (Fsp3) is 0.714. The van der Waals surface area contributed by atoms with Crippen LogP contribution in [0.1, 0.15) is 13.8 Å². The minimum atomic E-state index is -0.389.